The summed E-state index contributed by atoms with van der Waals surface area (Å²) in [5.74, 6) is 1.05. The first-order valence-corrected chi connectivity index (χ1v) is 10.7. The quantitative estimate of drug-likeness (QED) is 0.783. The van der Waals surface area contributed by atoms with Crippen molar-refractivity contribution in [1.82, 2.24) is 9.80 Å². The minimum absolute atomic E-state index is 0.0199. The van der Waals surface area contributed by atoms with Crippen LogP contribution in [0.15, 0.2) is 48.5 Å². The van der Waals surface area contributed by atoms with Crippen molar-refractivity contribution in [3.63, 3.8) is 0 Å². The molecule has 0 saturated carbocycles. The van der Waals surface area contributed by atoms with E-state index in [0.717, 1.165) is 44.0 Å². The summed E-state index contributed by atoms with van der Waals surface area (Å²) < 4.78 is 0. The van der Waals surface area contributed by atoms with Crippen LogP contribution in [0.5, 0.6) is 5.75 Å². The summed E-state index contributed by atoms with van der Waals surface area (Å²) in [5.41, 5.74) is 2.96. The minimum atomic E-state index is -0.132. The number of rotatable bonds is 6. The summed E-state index contributed by atoms with van der Waals surface area (Å²) in [5, 5.41) is 10.1. The van der Waals surface area contributed by atoms with Gasteiger partial charge in [0.15, 0.2) is 0 Å². The molecule has 156 valence electrons. The second-order valence-corrected chi connectivity index (χ2v) is 8.93. The molecule has 4 heteroatoms. The maximum Gasteiger partial charge on any atom is 0.253 e. The van der Waals surface area contributed by atoms with Gasteiger partial charge >= 0.3 is 0 Å². The Morgan fingerprint density at radius 3 is 2.28 bits per heavy atom. The van der Waals surface area contributed by atoms with Crippen LogP contribution in [-0.4, -0.2) is 54.5 Å². The zero-order chi connectivity index (χ0) is 21.0. The van der Waals surface area contributed by atoms with Crippen LogP contribution in [0.4, 0.5) is 0 Å². The number of nitrogens with zero attached hydrogens (tertiary/aromatic N) is 2. The fourth-order valence-corrected chi connectivity index (χ4v) is 4.34. The van der Waals surface area contributed by atoms with Gasteiger partial charge in [-0.05, 0) is 80.2 Å². The predicted molar refractivity (Wildman–Crippen MR) is 118 cm³/mol. The number of amides is 1. The minimum Gasteiger partial charge on any atom is -0.508 e. The second-order valence-electron chi connectivity index (χ2n) is 8.93. The normalized spacial score (nSPS) is 16.7. The highest BCUT2D eigenvalue weighted by atomic mass is 16.3. The second kappa shape index (κ2) is 9.00. The van der Waals surface area contributed by atoms with E-state index in [-0.39, 0.29) is 11.3 Å². The van der Waals surface area contributed by atoms with Gasteiger partial charge in [-0.15, -0.1) is 0 Å². The molecule has 0 unspecified atom stereocenters. The summed E-state index contributed by atoms with van der Waals surface area (Å²) in [6, 6.07) is 15.8. The smallest absolute Gasteiger partial charge is 0.253 e. The van der Waals surface area contributed by atoms with E-state index >= 15 is 0 Å². The molecule has 4 nitrogen and oxygen atoms in total. The molecule has 0 aromatic heterocycles. The predicted octanol–water partition coefficient (Wildman–Crippen LogP) is 4.52. The van der Waals surface area contributed by atoms with Crippen molar-refractivity contribution in [3.8, 4) is 5.75 Å². The van der Waals surface area contributed by atoms with Gasteiger partial charge in [-0.3, -0.25) is 4.79 Å². The van der Waals surface area contributed by atoms with Crippen molar-refractivity contribution < 1.29 is 9.90 Å². The van der Waals surface area contributed by atoms with Crippen LogP contribution in [0.3, 0.4) is 0 Å². The third-order valence-electron chi connectivity index (χ3n) is 6.22. The fraction of sp³-hybridized carbons (Fsp3) is 0.480. The van der Waals surface area contributed by atoms with Gasteiger partial charge in [-0.25, -0.2) is 0 Å². The van der Waals surface area contributed by atoms with Gasteiger partial charge in [-0.2, -0.15) is 0 Å². The molecule has 0 atom stereocenters. The molecule has 0 bridgehead atoms. The first-order chi connectivity index (χ1) is 13.8. The lowest BCUT2D eigenvalue weighted by Crippen LogP contribution is -2.43. The summed E-state index contributed by atoms with van der Waals surface area (Å²) in [6.07, 6.45) is 3.24. The highest BCUT2D eigenvalue weighted by Crippen LogP contribution is 2.42. The molecule has 1 saturated heterocycles. The number of benzene rings is 2. The van der Waals surface area contributed by atoms with Gasteiger partial charge in [0.1, 0.15) is 5.75 Å². The van der Waals surface area contributed by atoms with E-state index in [1.165, 1.54) is 12.0 Å². The number of piperidine rings is 1. The average molecular weight is 395 g/mol. The van der Waals surface area contributed by atoms with E-state index in [0.29, 0.717) is 11.3 Å². The third-order valence-corrected chi connectivity index (χ3v) is 6.22. The zero-order valence-corrected chi connectivity index (χ0v) is 18.2. The fourth-order valence-electron chi connectivity index (χ4n) is 4.34. The third kappa shape index (κ3) is 4.81. The molecule has 1 aliphatic rings. The van der Waals surface area contributed by atoms with Crippen molar-refractivity contribution in [1.29, 1.82) is 0 Å². The van der Waals surface area contributed by atoms with E-state index < -0.39 is 0 Å². The molecule has 0 spiro atoms. The van der Waals surface area contributed by atoms with Crippen molar-refractivity contribution in [2.45, 2.75) is 38.5 Å². The van der Waals surface area contributed by atoms with Crippen LogP contribution in [0.2, 0.25) is 0 Å². The largest absolute Gasteiger partial charge is 0.508 e. The molecule has 2 aromatic rings. The Bertz CT molecular complexity index is 819. The SMILES string of the molecule is CC(C)CCN1CCC(c2ccc(C(=O)N(C)C)cc2)(c2cccc(O)c2)CC1. The average Bonchev–Trinajstić information content (AvgIpc) is 2.72. The lowest BCUT2D eigenvalue weighted by atomic mass is 9.68. The Morgan fingerprint density at radius 1 is 1.07 bits per heavy atom. The molecule has 0 aliphatic carbocycles. The number of hydrogen-bond donors (Lipinski definition) is 1. The van der Waals surface area contributed by atoms with Crippen molar-refractivity contribution >= 4 is 5.91 Å². The lowest BCUT2D eigenvalue weighted by molar-refractivity contribution is 0.0827. The van der Waals surface area contributed by atoms with Crippen LogP contribution in [0.25, 0.3) is 0 Å². The summed E-state index contributed by atoms with van der Waals surface area (Å²) >= 11 is 0. The maximum absolute atomic E-state index is 12.3. The van der Waals surface area contributed by atoms with Gasteiger partial charge < -0.3 is 14.9 Å². The van der Waals surface area contributed by atoms with E-state index in [4.69, 9.17) is 0 Å². The summed E-state index contributed by atoms with van der Waals surface area (Å²) in [4.78, 5) is 16.4. The monoisotopic (exact) mass is 394 g/mol. The molecule has 0 radical (unpaired) electrons. The first kappa shape index (κ1) is 21.4. The number of hydrogen-bond acceptors (Lipinski definition) is 3. The van der Waals surface area contributed by atoms with Crippen molar-refractivity contribution in [2.24, 2.45) is 5.92 Å². The van der Waals surface area contributed by atoms with Crippen LogP contribution >= 0.6 is 0 Å². The number of phenolic OH excluding ortho intramolecular Hbond substituents is 1. The highest BCUT2D eigenvalue weighted by Gasteiger charge is 2.38. The van der Waals surface area contributed by atoms with Gasteiger partial charge in [0.2, 0.25) is 0 Å². The van der Waals surface area contributed by atoms with Gasteiger partial charge in [0.25, 0.3) is 5.91 Å². The molecule has 29 heavy (non-hydrogen) atoms. The highest BCUT2D eigenvalue weighted by molar-refractivity contribution is 5.93. The summed E-state index contributed by atoms with van der Waals surface area (Å²) in [7, 11) is 3.55. The Hall–Kier alpha value is -2.33. The van der Waals surface area contributed by atoms with Crippen molar-refractivity contribution in [3.05, 3.63) is 65.2 Å². The molecule has 2 aromatic carbocycles. The maximum atomic E-state index is 12.3. The molecule has 1 fully saturated rings. The molecular weight excluding hydrogens is 360 g/mol. The molecular formula is C25H34N2O2. The number of likely N-dealkylation sites (tertiary alicyclic amines) is 1. The number of aromatic hydroxyl groups is 1. The van der Waals surface area contributed by atoms with Crippen molar-refractivity contribution in [2.75, 3.05) is 33.7 Å². The molecule has 1 aliphatic heterocycles. The number of carbonyl (C=O) groups excluding carboxylic acids is 1. The van der Waals surface area contributed by atoms with E-state index in [2.05, 4.69) is 36.9 Å². The molecule has 1 heterocycles. The molecule has 1 N–H and O–H groups in total. The number of phenols is 1. The van der Waals surface area contributed by atoms with Crippen LogP contribution in [0.1, 0.15) is 54.6 Å². The van der Waals surface area contributed by atoms with E-state index in [9.17, 15) is 9.90 Å². The molecule has 1 amide bonds. The number of carbonyl (C=O) groups is 1. The lowest BCUT2D eigenvalue weighted by Gasteiger charge is -2.43. The van der Waals surface area contributed by atoms with E-state index in [1.807, 2.05) is 24.3 Å². The van der Waals surface area contributed by atoms with Gasteiger partial charge in [-0.1, -0.05) is 38.1 Å². The zero-order valence-electron chi connectivity index (χ0n) is 18.2. The Labute approximate surface area is 175 Å². The van der Waals surface area contributed by atoms with Gasteiger partial charge in [0, 0.05) is 25.1 Å². The van der Waals surface area contributed by atoms with Crippen LogP contribution in [-0.2, 0) is 5.41 Å². The van der Waals surface area contributed by atoms with Crippen LogP contribution < -0.4 is 0 Å². The summed E-state index contributed by atoms with van der Waals surface area (Å²) in [6.45, 7) is 7.78. The Kier molecular flexibility index (Phi) is 6.63. The Morgan fingerprint density at radius 2 is 1.72 bits per heavy atom. The van der Waals surface area contributed by atoms with E-state index in [1.54, 1.807) is 25.1 Å². The Balaban J connectivity index is 1.90. The first-order valence-electron chi connectivity index (χ1n) is 10.7. The van der Waals surface area contributed by atoms with Gasteiger partial charge in [0.05, 0.1) is 0 Å². The standard InChI is InChI=1S/C25H34N2O2/c1-19(2)12-15-27-16-13-25(14-17-27,22-6-5-7-23(28)18-22)21-10-8-20(9-11-21)24(29)26(3)4/h5-11,18-19,28H,12-17H2,1-4H3. The van der Waals surface area contributed by atoms with Crippen LogP contribution in [0, 0.1) is 5.92 Å². The molecule has 3 rings (SSSR count). The topological polar surface area (TPSA) is 43.8 Å².